The molecule has 0 atom stereocenters. The molecule has 30 heavy (non-hydrogen) atoms. The van der Waals surface area contributed by atoms with Gasteiger partial charge >= 0.3 is 0 Å². The fourth-order valence-electron chi connectivity index (χ4n) is 2.99. The lowest BCUT2D eigenvalue weighted by Crippen LogP contribution is -2.49. The monoisotopic (exact) mass is 418 g/mol. The number of anilines is 1. The van der Waals surface area contributed by atoms with Crippen molar-refractivity contribution in [3.8, 4) is 0 Å². The fraction of sp³-hybridized carbons (Fsp3) is 0.429. The van der Waals surface area contributed by atoms with Crippen LogP contribution in [0.5, 0.6) is 0 Å². The Morgan fingerprint density at radius 3 is 2.20 bits per heavy atom. The predicted octanol–water partition coefficient (Wildman–Crippen LogP) is 0.465. The number of benzene rings is 1. The Bertz CT molecular complexity index is 796. The van der Waals surface area contributed by atoms with Gasteiger partial charge in [-0.1, -0.05) is 0 Å². The van der Waals surface area contributed by atoms with Crippen molar-refractivity contribution < 1.29 is 24.8 Å². The zero-order valence-electron chi connectivity index (χ0n) is 17.2. The van der Waals surface area contributed by atoms with Gasteiger partial charge in [-0.25, -0.2) is 4.99 Å². The number of nitrogens with one attached hydrogen (secondary N) is 2. The Morgan fingerprint density at radius 1 is 0.933 bits per heavy atom. The summed E-state index contributed by atoms with van der Waals surface area (Å²) in [4.78, 5) is 16.5. The maximum absolute atomic E-state index is 12.4. The number of hydrogen-bond donors (Lipinski definition) is 5. The van der Waals surface area contributed by atoms with Gasteiger partial charge in [0.1, 0.15) is 13.1 Å². The lowest BCUT2D eigenvalue weighted by atomic mass is 10.0. The molecule has 164 valence electrons. The van der Waals surface area contributed by atoms with Crippen LogP contribution in [0.4, 0.5) is 11.4 Å². The van der Waals surface area contributed by atoms with Crippen LogP contribution in [0.2, 0.25) is 0 Å². The van der Waals surface area contributed by atoms with Crippen molar-refractivity contribution in [1.29, 1.82) is 0 Å². The van der Waals surface area contributed by atoms with Crippen molar-refractivity contribution in [1.82, 2.24) is 5.32 Å². The van der Waals surface area contributed by atoms with Gasteiger partial charge in [0.05, 0.1) is 50.0 Å². The third-order valence-electron chi connectivity index (χ3n) is 4.70. The molecule has 1 aromatic carbocycles. The summed E-state index contributed by atoms with van der Waals surface area (Å²) in [5.41, 5.74) is 3.28. The highest BCUT2D eigenvalue weighted by molar-refractivity contribution is 6.22. The quantitative estimate of drug-likeness (QED) is 0.189. The Balaban J connectivity index is 2.02. The molecule has 0 spiro atoms. The zero-order chi connectivity index (χ0) is 22.0. The van der Waals surface area contributed by atoms with Crippen LogP contribution < -0.4 is 10.6 Å². The molecule has 0 unspecified atom stereocenters. The molecule has 1 aromatic rings. The van der Waals surface area contributed by atoms with E-state index >= 15 is 0 Å². The number of nitrogens with zero attached hydrogens (tertiary/aromatic N) is 2. The summed E-state index contributed by atoms with van der Waals surface area (Å²) in [7, 11) is 0. The first-order valence-corrected chi connectivity index (χ1v) is 9.91. The molecule has 2 rings (SSSR count). The van der Waals surface area contributed by atoms with Gasteiger partial charge in [0.25, 0.3) is 0 Å². The minimum atomic E-state index is -0.647. The minimum absolute atomic E-state index is 0.0499. The van der Waals surface area contributed by atoms with Crippen molar-refractivity contribution in [3.05, 3.63) is 52.9 Å². The Hall–Kier alpha value is -2.56. The molecule has 5 N–H and O–H groups in total. The van der Waals surface area contributed by atoms with Gasteiger partial charge in [0.15, 0.2) is 5.78 Å². The molecule has 0 amide bonds. The average molecular weight is 418 g/mol. The van der Waals surface area contributed by atoms with E-state index in [1.54, 1.807) is 13.0 Å². The fourth-order valence-corrected chi connectivity index (χ4v) is 2.99. The average Bonchev–Trinajstić information content (AvgIpc) is 2.71. The molecule has 0 radical (unpaired) electrons. The lowest BCUT2D eigenvalue weighted by Gasteiger charge is -2.42. The standard InChI is InChI=1S/C21H30N4O5/c1-16-14-20(19(15-21(16)29)23-7-11-26)24-18-4-2-17(3-5-18)22-6-8-25(30,9-12-27)10-13-28/h2-5,14-15,22-23,26-28H,6-13H2,1H3/b24-20+. The maximum Gasteiger partial charge on any atom is 0.183 e. The second kappa shape index (κ2) is 11.6. The van der Waals surface area contributed by atoms with Crippen LogP contribution in [0, 0.1) is 5.21 Å². The number of hydroxylamine groups is 3. The molecule has 9 nitrogen and oxygen atoms in total. The van der Waals surface area contributed by atoms with Crippen LogP contribution in [0.15, 0.2) is 52.7 Å². The summed E-state index contributed by atoms with van der Waals surface area (Å²) >= 11 is 0. The predicted molar refractivity (Wildman–Crippen MR) is 116 cm³/mol. The van der Waals surface area contributed by atoms with Crippen molar-refractivity contribution in [2.75, 3.05) is 57.9 Å². The van der Waals surface area contributed by atoms with Crippen molar-refractivity contribution in [2.45, 2.75) is 6.92 Å². The van der Waals surface area contributed by atoms with Gasteiger partial charge in [-0.15, -0.1) is 0 Å². The summed E-state index contributed by atoms with van der Waals surface area (Å²) in [6, 6.07) is 7.32. The maximum atomic E-state index is 12.4. The number of allylic oxidation sites excluding steroid dienone is 3. The van der Waals surface area contributed by atoms with Crippen LogP contribution in [-0.2, 0) is 4.79 Å². The number of aliphatic hydroxyl groups is 3. The van der Waals surface area contributed by atoms with E-state index in [-0.39, 0.29) is 45.2 Å². The number of carbonyl (C=O) groups excluding carboxylic acids is 1. The van der Waals surface area contributed by atoms with E-state index in [0.717, 1.165) is 5.69 Å². The lowest BCUT2D eigenvalue weighted by molar-refractivity contribution is -0.879. The number of aliphatic hydroxyl groups excluding tert-OH is 3. The Kier molecular flexibility index (Phi) is 9.15. The van der Waals surface area contributed by atoms with E-state index in [9.17, 15) is 10.0 Å². The first kappa shape index (κ1) is 23.7. The van der Waals surface area contributed by atoms with E-state index in [1.165, 1.54) is 6.08 Å². The summed E-state index contributed by atoms with van der Waals surface area (Å²) < 4.78 is -0.647. The summed E-state index contributed by atoms with van der Waals surface area (Å²) in [6.45, 7) is 2.29. The second-order valence-electron chi connectivity index (χ2n) is 7.05. The van der Waals surface area contributed by atoms with E-state index in [1.807, 2.05) is 24.3 Å². The van der Waals surface area contributed by atoms with Crippen LogP contribution in [0.25, 0.3) is 0 Å². The smallest absolute Gasteiger partial charge is 0.183 e. The second-order valence-corrected chi connectivity index (χ2v) is 7.05. The first-order valence-electron chi connectivity index (χ1n) is 9.91. The van der Waals surface area contributed by atoms with E-state index in [2.05, 4.69) is 15.6 Å². The highest BCUT2D eigenvalue weighted by Gasteiger charge is 2.16. The van der Waals surface area contributed by atoms with Crippen LogP contribution in [0.3, 0.4) is 0 Å². The normalized spacial score (nSPS) is 15.8. The molecule has 1 aliphatic rings. The number of quaternary nitrogens is 1. The molecular weight excluding hydrogens is 388 g/mol. The van der Waals surface area contributed by atoms with Gasteiger partial charge in [0, 0.05) is 18.3 Å². The third kappa shape index (κ3) is 7.05. The molecule has 0 saturated carbocycles. The number of aliphatic imine (C=N–C) groups is 1. The SMILES string of the molecule is CC1=C/C(=N\c2ccc(NCC[N+]([O-])(CCO)CCO)cc2)C(NCCO)=CC1=O. The highest BCUT2D eigenvalue weighted by Crippen LogP contribution is 2.20. The first-order chi connectivity index (χ1) is 14.4. The van der Waals surface area contributed by atoms with Crippen molar-refractivity contribution >= 4 is 22.9 Å². The highest BCUT2D eigenvalue weighted by atomic mass is 16.5. The Morgan fingerprint density at radius 2 is 1.60 bits per heavy atom. The Labute approximate surface area is 176 Å². The summed E-state index contributed by atoms with van der Waals surface area (Å²) in [6.07, 6.45) is 3.19. The van der Waals surface area contributed by atoms with Gasteiger partial charge in [-0.3, -0.25) is 4.79 Å². The van der Waals surface area contributed by atoms with Crippen LogP contribution >= 0.6 is 0 Å². The van der Waals surface area contributed by atoms with Gasteiger partial charge in [0.2, 0.25) is 0 Å². The molecule has 0 aromatic heterocycles. The minimum Gasteiger partial charge on any atom is -0.633 e. The summed E-state index contributed by atoms with van der Waals surface area (Å²) in [5, 5.41) is 45.7. The van der Waals surface area contributed by atoms with Gasteiger partial charge in [-0.2, -0.15) is 0 Å². The largest absolute Gasteiger partial charge is 0.633 e. The molecule has 0 saturated heterocycles. The number of carbonyl (C=O) groups is 1. The zero-order valence-corrected chi connectivity index (χ0v) is 17.2. The van der Waals surface area contributed by atoms with Crippen LogP contribution in [-0.4, -0.2) is 84.0 Å². The molecule has 0 heterocycles. The van der Waals surface area contributed by atoms with Crippen LogP contribution in [0.1, 0.15) is 6.92 Å². The topological polar surface area (TPSA) is 137 Å². The van der Waals surface area contributed by atoms with Gasteiger partial charge < -0.3 is 35.8 Å². The third-order valence-corrected chi connectivity index (χ3v) is 4.70. The molecule has 9 heteroatoms. The molecule has 0 aliphatic heterocycles. The van der Waals surface area contributed by atoms with E-state index < -0.39 is 4.65 Å². The molecule has 0 bridgehead atoms. The molecular formula is C21H30N4O5. The van der Waals surface area contributed by atoms with Crippen molar-refractivity contribution in [3.63, 3.8) is 0 Å². The van der Waals surface area contributed by atoms with Gasteiger partial charge in [-0.05, 0) is 42.8 Å². The molecule has 1 aliphatic carbocycles. The van der Waals surface area contributed by atoms with E-state index in [0.29, 0.717) is 35.8 Å². The number of ketones is 1. The summed E-state index contributed by atoms with van der Waals surface area (Å²) in [5.74, 6) is -0.0933. The van der Waals surface area contributed by atoms with E-state index in [4.69, 9.17) is 15.3 Å². The number of rotatable bonds is 12. The van der Waals surface area contributed by atoms with Crippen molar-refractivity contribution in [2.24, 2.45) is 4.99 Å². The molecule has 0 fully saturated rings. The number of hydrogen-bond acceptors (Lipinski definition) is 8.